The largest absolute Gasteiger partial charge is 0.229 e. The minimum absolute atomic E-state index is 0.227. The predicted molar refractivity (Wildman–Crippen MR) is 38.9 cm³/mol. The van der Waals surface area contributed by atoms with Crippen LogP contribution in [0.2, 0.25) is 0 Å². The van der Waals surface area contributed by atoms with Gasteiger partial charge in [0.1, 0.15) is 9.84 Å². The van der Waals surface area contributed by atoms with Gasteiger partial charge >= 0.3 is 0 Å². The molecule has 55 valence electrons. The average molecular weight is 149 g/mol. The van der Waals surface area contributed by atoms with Gasteiger partial charge in [0.15, 0.2) is 0 Å². The van der Waals surface area contributed by atoms with E-state index < -0.39 is 9.84 Å². The highest BCUT2D eigenvalue weighted by Crippen LogP contribution is 2.04. The first-order valence-corrected chi connectivity index (χ1v) is 4.92. The first-order valence-electron chi connectivity index (χ1n) is 2.96. The van der Waals surface area contributed by atoms with Gasteiger partial charge in [-0.1, -0.05) is 13.3 Å². The molecule has 1 unspecified atom stereocenters. The Morgan fingerprint density at radius 3 is 2.11 bits per heavy atom. The van der Waals surface area contributed by atoms with Crippen molar-refractivity contribution in [3.05, 3.63) is 6.92 Å². The van der Waals surface area contributed by atoms with Crippen LogP contribution in [0.15, 0.2) is 0 Å². The zero-order valence-corrected chi connectivity index (χ0v) is 6.74. The third-order valence-corrected chi connectivity index (χ3v) is 3.04. The Morgan fingerprint density at radius 1 is 1.56 bits per heavy atom. The third kappa shape index (κ3) is 3.51. The molecule has 3 heteroatoms. The van der Waals surface area contributed by atoms with Gasteiger partial charge in [0.25, 0.3) is 0 Å². The minimum atomic E-state index is -2.80. The highest BCUT2D eigenvalue weighted by molar-refractivity contribution is 7.91. The Balaban J connectivity index is 3.90. The first kappa shape index (κ1) is 8.95. The molecule has 0 aromatic carbocycles. The standard InChI is InChI=1S/C6H13O2S/c1-4-5-6(2)9(3,7)8/h6H,1,4-5H2,2-3H3. The topological polar surface area (TPSA) is 34.1 Å². The van der Waals surface area contributed by atoms with E-state index in [2.05, 4.69) is 6.92 Å². The Kier molecular flexibility index (Phi) is 3.18. The van der Waals surface area contributed by atoms with Crippen LogP contribution in [-0.2, 0) is 9.84 Å². The third-order valence-electron chi connectivity index (χ3n) is 1.34. The summed E-state index contributed by atoms with van der Waals surface area (Å²) < 4.78 is 21.4. The van der Waals surface area contributed by atoms with Crippen molar-refractivity contribution in [1.82, 2.24) is 0 Å². The highest BCUT2D eigenvalue weighted by atomic mass is 32.2. The van der Waals surface area contributed by atoms with E-state index in [9.17, 15) is 8.42 Å². The van der Waals surface area contributed by atoms with Gasteiger partial charge < -0.3 is 0 Å². The Hall–Kier alpha value is -0.0500. The van der Waals surface area contributed by atoms with Crippen LogP contribution in [0.5, 0.6) is 0 Å². The van der Waals surface area contributed by atoms with Crippen LogP contribution in [0.4, 0.5) is 0 Å². The molecular formula is C6H13O2S. The second-order valence-corrected chi connectivity index (χ2v) is 4.75. The fourth-order valence-corrected chi connectivity index (χ4v) is 1.10. The lowest BCUT2D eigenvalue weighted by atomic mass is 10.3. The lowest BCUT2D eigenvalue weighted by Crippen LogP contribution is -2.14. The second kappa shape index (κ2) is 3.20. The summed E-state index contributed by atoms with van der Waals surface area (Å²) in [6.45, 7) is 5.28. The number of hydrogen-bond acceptors (Lipinski definition) is 2. The average Bonchev–Trinajstić information content (AvgIpc) is 1.64. The van der Waals surface area contributed by atoms with Crippen molar-refractivity contribution in [1.29, 1.82) is 0 Å². The molecule has 1 radical (unpaired) electrons. The van der Waals surface area contributed by atoms with Crippen LogP contribution in [0.1, 0.15) is 19.8 Å². The van der Waals surface area contributed by atoms with Gasteiger partial charge in [-0.05, 0) is 13.3 Å². The molecule has 1 atom stereocenters. The molecule has 0 heterocycles. The van der Waals surface area contributed by atoms with Crippen LogP contribution in [0, 0.1) is 6.92 Å². The quantitative estimate of drug-likeness (QED) is 0.600. The Morgan fingerprint density at radius 2 is 2.00 bits per heavy atom. The smallest absolute Gasteiger partial charge is 0.150 e. The fraction of sp³-hybridized carbons (Fsp3) is 0.833. The van der Waals surface area contributed by atoms with E-state index in [1.54, 1.807) is 6.92 Å². The molecule has 0 amide bonds. The second-order valence-electron chi connectivity index (χ2n) is 2.28. The molecule has 0 aromatic heterocycles. The van der Waals surface area contributed by atoms with Crippen molar-refractivity contribution in [3.8, 4) is 0 Å². The zero-order chi connectivity index (χ0) is 7.49. The molecule has 0 fully saturated rings. The van der Waals surface area contributed by atoms with Crippen LogP contribution in [0.25, 0.3) is 0 Å². The molecule has 0 N–H and O–H groups in total. The van der Waals surface area contributed by atoms with E-state index in [0.29, 0.717) is 12.8 Å². The normalized spacial score (nSPS) is 15.4. The van der Waals surface area contributed by atoms with Gasteiger partial charge in [0, 0.05) is 6.26 Å². The number of hydrogen-bond donors (Lipinski definition) is 0. The van der Waals surface area contributed by atoms with Gasteiger partial charge in [-0.15, -0.1) is 0 Å². The van der Waals surface area contributed by atoms with E-state index in [4.69, 9.17) is 0 Å². The molecule has 9 heavy (non-hydrogen) atoms. The maximum Gasteiger partial charge on any atom is 0.150 e. The van der Waals surface area contributed by atoms with E-state index in [1.165, 1.54) is 6.26 Å². The summed E-state index contributed by atoms with van der Waals surface area (Å²) in [6, 6.07) is 0. The Labute approximate surface area is 57.2 Å². The predicted octanol–water partition coefficient (Wildman–Crippen LogP) is 1.03. The SMILES string of the molecule is [CH2]CCC(C)S(C)(=O)=O. The summed E-state index contributed by atoms with van der Waals surface area (Å²) >= 11 is 0. The fourth-order valence-electron chi connectivity index (χ4n) is 0.502. The van der Waals surface area contributed by atoms with Crippen LogP contribution in [0.3, 0.4) is 0 Å². The molecule has 0 aliphatic carbocycles. The van der Waals surface area contributed by atoms with Crippen LogP contribution < -0.4 is 0 Å². The van der Waals surface area contributed by atoms with Crippen molar-refractivity contribution in [2.45, 2.75) is 25.0 Å². The molecule has 0 rings (SSSR count). The van der Waals surface area contributed by atoms with Crippen LogP contribution in [-0.4, -0.2) is 19.9 Å². The number of rotatable bonds is 3. The summed E-state index contributed by atoms with van der Waals surface area (Å²) in [4.78, 5) is 0. The van der Waals surface area contributed by atoms with E-state index in [1.807, 2.05) is 0 Å². The molecule has 0 aromatic rings. The van der Waals surface area contributed by atoms with Gasteiger partial charge in [-0.25, -0.2) is 8.42 Å². The first-order chi connectivity index (χ1) is 3.98. The van der Waals surface area contributed by atoms with Crippen LogP contribution >= 0.6 is 0 Å². The summed E-state index contributed by atoms with van der Waals surface area (Å²) in [5.41, 5.74) is 0. The van der Waals surface area contributed by atoms with E-state index >= 15 is 0 Å². The monoisotopic (exact) mass is 149 g/mol. The van der Waals surface area contributed by atoms with E-state index in [-0.39, 0.29) is 5.25 Å². The lowest BCUT2D eigenvalue weighted by molar-refractivity contribution is 0.584. The molecule has 2 nitrogen and oxygen atoms in total. The van der Waals surface area contributed by atoms with E-state index in [0.717, 1.165) is 0 Å². The number of sulfone groups is 1. The molecule has 0 aliphatic rings. The van der Waals surface area contributed by atoms with Crippen molar-refractivity contribution in [2.75, 3.05) is 6.26 Å². The summed E-state index contributed by atoms with van der Waals surface area (Å²) in [5, 5.41) is -0.227. The summed E-state index contributed by atoms with van der Waals surface area (Å²) in [6.07, 6.45) is 2.61. The van der Waals surface area contributed by atoms with Gasteiger partial charge in [0.05, 0.1) is 5.25 Å². The van der Waals surface area contributed by atoms with Crippen molar-refractivity contribution in [2.24, 2.45) is 0 Å². The molecule has 0 spiro atoms. The lowest BCUT2D eigenvalue weighted by Gasteiger charge is -2.05. The molecular weight excluding hydrogens is 136 g/mol. The van der Waals surface area contributed by atoms with Crippen molar-refractivity contribution >= 4 is 9.84 Å². The van der Waals surface area contributed by atoms with Gasteiger partial charge in [-0.2, -0.15) is 0 Å². The summed E-state index contributed by atoms with van der Waals surface area (Å²) in [7, 11) is -2.80. The maximum absolute atomic E-state index is 10.7. The molecule has 0 saturated carbocycles. The molecule has 0 aliphatic heterocycles. The molecule has 0 saturated heterocycles. The van der Waals surface area contributed by atoms with Gasteiger partial charge in [-0.3, -0.25) is 0 Å². The molecule has 0 bridgehead atoms. The minimum Gasteiger partial charge on any atom is -0.229 e. The van der Waals surface area contributed by atoms with Crippen molar-refractivity contribution < 1.29 is 8.42 Å². The highest BCUT2D eigenvalue weighted by Gasteiger charge is 2.12. The maximum atomic E-state index is 10.7. The van der Waals surface area contributed by atoms with Gasteiger partial charge in [0.2, 0.25) is 0 Å². The van der Waals surface area contributed by atoms with Crippen molar-refractivity contribution in [3.63, 3.8) is 0 Å². The summed E-state index contributed by atoms with van der Waals surface area (Å²) in [5.74, 6) is 0. The zero-order valence-electron chi connectivity index (χ0n) is 5.92. The Bertz CT molecular complexity index is 158.